The third-order valence-corrected chi connectivity index (χ3v) is 6.93. The van der Waals surface area contributed by atoms with Crippen LogP contribution in [-0.2, 0) is 21.2 Å². The highest BCUT2D eigenvalue weighted by molar-refractivity contribution is 7.88. The summed E-state index contributed by atoms with van der Waals surface area (Å²) < 4.78 is 24.9. The molecule has 1 fully saturated rings. The second kappa shape index (κ2) is 8.57. The van der Waals surface area contributed by atoms with Crippen molar-refractivity contribution < 1.29 is 13.2 Å². The van der Waals surface area contributed by atoms with Crippen LogP contribution in [-0.4, -0.2) is 47.9 Å². The summed E-state index contributed by atoms with van der Waals surface area (Å²) >= 11 is 0. The molecule has 1 saturated heterocycles. The third kappa shape index (κ3) is 4.71. The van der Waals surface area contributed by atoms with Gasteiger partial charge in [0, 0.05) is 19.0 Å². The van der Waals surface area contributed by atoms with Gasteiger partial charge in [-0.15, -0.1) is 0 Å². The number of amides is 1. The molecule has 4 rings (SSSR count). The Labute approximate surface area is 176 Å². The number of benzene rings is 2. The van der Waals surface area contributed by atoms with Gasteiger partial charge in [0.1, 0.15) is 5.82 Å². The zero-order valence-electron chi connectivity index (χ0n) is 16.9. The van der Waals surface area contributed by atoms with Gasteiger partial charge in [0.05, 0.1) is 23.3 Å². The van der Waals surface area contributed by atoms with E-state index in [1.807, 2.05) is 54.6 Å². The molecule has 30 heavy (non-hydrogen) atoms. The van der Waals surface area contributed by atoms with Crippen LogP contribution in [0.3, 0.4) is 0 Å². The van der Waals surface area contributed by atoms with Gasteiger partial charge < -0.3 is 10.3 Å². The highest BCUT2D eigenvalue weighted by Crippen LogP contribution is 2.23. The van der Waals surface area contributed by atoms with Gasteiger partial charge in [-0.05, 0) is 37.0 Å². The molecule has 1 aromatic heterocycles. The van der Waals surface area contributed by atoms with Crippen molar-refractivity contribution in [2.45, 2.75) is 25.3 Å². The Morgan fingerprint density at radius 2 is 1.80 bits per heavy atom. The summed E-state index contributed by atoms with van der Waals surface area (Å²) in [5, 5.41) is 3.17. The van der Waals surface area contributed by atoms with Crippen LogP contribution in [0.15, 0.2) is 54.6 Å². The molecule has 1 aliphatic rings. The first-order valence-electron chi connectivity index (χ1n) is 10.1. The molecule has 0 aliphatic carbocycles. The van der Waals surface area contributed by atoms with Crippen LogP contribution in [0, 0.1) is 5.92 Å². The summed E-state index contributed by atoms with van der Waals surface area (Å²) in [6.07, 6.45) is 2.88. The molecule has 158 valence electrons. The van der Waals surface area contributed by atoms with E-state index in [2.05, 4.69) is 10.3 Å². The Morgan fingerprint density at radius 1 is 1.13 bits per heavy atom. The predicted molar refractivity (Wildman–Crippen MR) is 116 cm³/mol. The lowest BCUT2D eigenvalue weighted by molar-refractivity contribution is -0.126. The van der Waals surface area contributed by atoms with E-state index in [0.717, 1.165) is 22.4 Å². The molecule has 0 unspecified atom stereocenters. The summed E-state index contributed by atoms with van der Waals surface area (Å²) in [6, 6.07) is 17.5. The van der Waals surface area contributed by atoms with E-state index in [0.29, 0.717) is 32.4 Å². The van der Waals surface area contributed by atoms with Gasteiger partial charge in [0.25, 0.3) is 0 Å². The first-order valence-corrected chi connectivity index (χ1v) is 12.0. The van der Waals surface area contributed by atoms with Crippen molar-refractivity contribution in [3.05, 3.63) is 66.0 Å². The zero-order valence-corrected chi connectivity index (χ0v) is 17.7. The summed E-state index contributed by atoms with van der Waals surface area (Å²) in [5.41, 5.74) is 2.90. The van der Waals surface area contributed by atoms with Gasteiger partial charge in [0.2, 0.25) is 15.9 Å². The maximum absolute atomic E-state index is 13.0. The largest absolute Gasteiger partial charge is 0.346 e. The van der Waals surface area contributed by atoms with Gasteiger partial charge in [-0.2, -0.15) is 0 Å². The second-order valence-electron chi connectivity index (χ2n) is 7.83. The van der Waals surface area contributed by atoms with Crippen molar-refractivity contribution >= 4 is 27.0 Å². The zero-order chi connectivity index (χ0) is 21.1. The fourth-order valence-electron chi connectivity index (χ4n) is 3.94. The van der Waals surface area contributed by atoms with Gasteiger partial charge >= 0.3 is 0 Å². The van der Waals surface area contributed by atoms with Crippen molar-refractivity contribution in [1.29, 1.82) is 0 Å². The van der Waals surface area contributed by atoms with Crippen LogP contribution in [0.25, 0.3) is 11.0 Å². The van der Waals surface area contributed by atoms with Crippen LogP contribution in [0.1, 0.15) is 30.3 Å². The van der Waals surface area contributed by atoms with Crippen LogP contribution in [0.2, 0.25) is 0 Å². The second-order valence-corrected chi connectivity index (χ2v) is 9.81. The number of hydrogen-bond donors (Lipinski definition) is 2. The lowest BCUT2D eigenvalue weighted by Gasteiger charge is -2.30. The highest BCUT2D eigenvalue weighted by atomic mass is 32.2. The summed E-state index contributed by atoms with van der Waals surface area (Å²) in [5.74, 6) is 0.470. The SMILES string of the molecule is CS(=O)(=O)N1CCC(C(=O)N[C@@H](Cc2ccccc2)c2nc3ccccc3[nH]2)CC1. The Morgan fingerprint density at radius 3 is 2.47 bits per heavy atom. The molecule has 8 heteroatoms. The van der Waals surface area contributed by atoms with Gasteiger partial charge in [0.15, 0.2) is 0 Å². The molecule has 1 aliphatic heterocycles. The van der Waals surface area contributed by atoms with Crippen molar-refractivity contribution in [1.82, 2.24) is 19.6 Å². The van der Waals surface area contributed by atoms with E-state index in [4.69, 9.17) is 4.98 Å². The number of nitrogens with one attached hydrogen (secondary N) is 2. The van der Waals surface area contributed by atoms with Crippen molar-refractivity contribution in [2.75, 3.05) is 19.3 Å². The molecule has 7 nitrogen and oxygen atoms in total. The topological polar surface area (TPSA) is 95.2 Å². The summed E-state index contributed by atoms with van der Waals surface area (Å²) in [4.78, 5) is 21.1. The quantitative estimate of drug-likeness (QED) is 0.633. The van der Waals surface area contributed by atoms with Crippen LogP contribution in [0.5, 0.6) is 0 Å². The number of H-pyrrole nitrogens is 1. The minimum Gasteiger partial charge on any atom is -0.346 e. The molecule has 2 N–H and O–H groups in total. The number of hydrogen-bond acceptors (Lipinski definition) is 4. The van der Waals surface area contributed by atoms with Gasteiger partial charge in [-0.1, -0.05) is 42.5 Å². The molecule has 0 saturated carbocycles. The number of carbonyl (C=O) groups is 1. The Kier molecular flexibility index (Phi) is 5.87. The number of nitrogens with zero attached hydrogens (tertiary/aromatic N) is 2. The number of piperidine rings is 1. The standard InChI is InChI=1S/C22H26N4O3S/c1-30(28,29)26-13-11-17(12-14-26)22(27)25-20(15-16-7-3-2-4-8-16)21-23-18-9-5-6-10-19(18)24-21/h2-10,17,20H,11-15H2,1H3,(H,23,24)(H,25,27)/t20-/m0/s1. The average Bonchev–Trinajstić information content (AvgIpc) is 3.18. The third-order valence-electron chi connectivity index (χ3n) is 5.63. The lowest BCUT2D eigenvalue weighted by Crippen LogP contribution is -2.43. The van der Waals surface area contributed by atoms with Crippen LogP contribution < -0.4 is 5.32 Å². The van der Waals surface area contributed by atoms with Crippen molar-refractivity contribution in [3.63, 3.8) is 0 Å². The maximum atomic E-state index is 13.0. The number of rotatable bonds is 6. The number of aromatic amines is 1. The normalized spacial score (nSPS) is 17.1. The smallest absolute Gasteiger partial charge is 0.223 e. The maximum Gasteiger partial charge on any atom is 0.223 e. The lowest BCUT2D eigenvalue weighted by atomic mass is 9.96. The molecule has 3 aromatic rings. The average molecular weight is 427 g/mol. The first kappa shape index (κ1) is 20.6. The predicted octanol–water partition coefficient (Wildman–Crippen LogP) is 2.63. The molecule has 1 amide bonds. The minimum absolute atomic E-state index is 0.0514. The Bertz CT molecular complexity index is 1090. The number of carbonyl (C=O) groups excluding carboxylic acids is 1. The number of para-hydroxylation sites is 2. The number of fused-ring (bicyclic) bond motifs is 1. The Hall–Kier alpha value is -2.71. The van der Waals surface area contributed by atoms with E-state index in [-0.39, 0.29) is 17.9 Å². The monoisotopic (exact) mass is 426 g/mol. The molecule has 0 spiro atoms. The van der Waals surface area contributed by atoms with Crippen molar-refractivity contribution in [3.8, 4) is 0 Å². The number of sulfonamides is 1. The van der Waals surface area contributed by atoms with E-state index < -0.39 is 10.0 Å². The summed E-state index contributed by atoms with van der Waals surface area (Å²) in [6.45, 7) is 0.760. The Balaban J connectivity index is 1.52. The van der Waals surface area contributed by atoms with Crippen LogP contribution >= 0.6 is 0 Å². The van der Waals surface area contributed by atoms with E-state index >= 15 is 0 Å². The van der Waals surface area contributed by atoms with Crippen LogP contribution in [0.4, 0.5) is 0 Å². The highest BCUT2D eigenvalue weighted by Gasteiger charge is 2.30. The molecule has 2 heterocycles. The molecule has 2 aromatic carbocycles. The van der Waals surface area contributed by atoms with E-state index in [9.17, 15) is 13.2 Å². The van der Waals surface area contributed by atoms with Gasteiger partial charge in [-0.3, -0.25) is 4.79 Å². The number of aromatic nitrogens is 2. The molecule has 1 atom stereocenters. The van der Waals surface area contributed by atoms with Crippen molar-refractivity contribution in [2.24, 2.45) is 5.92 Å². The number of imidazole rings is 1. The summed E-state index contributed by atoms with van der Waals surface area (Å²) in [7, 11) is -3.21. The minimum atomic E-state index is -3.21. The van der Waals surface area contributed by atoms with E-state index in [1.165, 1.54) is 10.6 Å². The fourth-order valence-corrected chi connectivity index (χ4v) is 4.82. The molecule has 0 radical (unpaired) electrons. The fraction of sp³-hybridized carbons (Fsp3) is 0.364. The molecule has 0 bridgehead atoms. The molecular formula is C22H26N4O3S. The van der Waals surface area contributed by atoms with E-state index in [1.54, 1.807) is 0 Å². The first-order chi connectivity index (χ1) is 14.4. The molecular weight excluding hydrogens is 400 g/mol. The van der Waals surface area contributed by atoms with Gasteiger partial charge in [-0.25, -0.2) is 17.7 Å².